The first kappa shape index (κ1) is 17.6. The molecule has 1 aromatic carbocycles. The Morgan fingerprint density at radius 3 is 1.58 bits per heavy atom. The van der Waals surface area contributed by atoms with Crippen molar-refractivity contribution >= 4 is 28.4 Å². The van der Waals surface area contributed by atoms with Crippen molar-refractivity contribution in [2.75, 3.05) is 0 Å². The number of rotatable bonds is 1. The second kappa shape index (κ2) is 6.92. The van der Waals surface area contributed by atoms with Gasteiger partial charge in [0.25, 0.3) is 0 Å². The Morgan fingerprint density at radius 1 is 0.484 bits per heavy atom. The second-order valence-corrected chi connectivity index (χ2v) is 7.45. The number of hydrogen-bond acceptors (Lipinski definition) is 4. The first-order valence-corrected chi connectivity index (χ1v) is 9.92. The molecular formula is C26H15FN4. The molecule has 5 aliphatic rings. The summed E-state index contributed by atoms with van der Waals surface area (Å²) >= 11 is 0. The van der Waals surface area contributed by atoms with Crippen LogP contribution in [0.5, 0.6) is 0 Å². The third kappa shape index (κ3) is 3.46. The third-order valence-corrected chi connectivity index (χ3v) is 5.19. The fourth-order valence-electron chi connectivity index (χ4n) is 3.76. The Morgan fingerprint density at radius 2 is 1.00 bits per heavy atom. The number of benzene rings is 1. The molecule has 0 fully saturated rings. The smallest absolute Gasteiger partial charge is 0.123 e. The molecule has 5 heterocycles. The van der Waals surface area contributed by atoms with Gasteiger partial charge < -0.3 is 0 Å². The van der Waals surface area contributed by atoms with Crippen LogP contribution in [0.25, 0.3) is 5.57 Å². The van der Waals surface area contributed by atoms with Crippen LogP contribution in [0, 0.1) is 5.82 Å². The zero-order chi connectivity index (χ0) is 20.8. The van der Waals surface area contributed by atoms with Gasteiger partial charge in [0, 0.05) is 5.57 Å². The van der Waals surface area contributed by atoms with Crippen molar-refractivity contribution in [3.05, 3.63) is 125 Å². The lowest BCUT2D eigenvalue weighted by Gasteiger charge is -2.04. The highest BCUT2D eigenvalue weighted by atomic mass is 19.1. The van der Waals surface area contributed by atoms with Gasteiger partial charge in [0.15, 0.2) is 0 Å². The first-order chi connectivity index (χ1) is 15.2. The van der Waals surface area contributed by atoms with Crippen molar-refractivity contribution in [3.8, 4) is 0 Å². The van der Waals surface area contributed by atoms with Gasteiger partial charge >= 0.3 is 0 Å². The van der Waals surface area contributed by atoms with E-state index in [1.807, 2.05) is 66.8 Å². The summed E-state index contributed by atoms with van der Waals surface area (Å²) < 4.78 is 13.5. The molecule has 0 radical (unpaired) electrons. The summed E-state index contributed by atoms with van der Waals surface area (Å²) in [5, 5.41) is 0. The van der Waals surface area contributed by atoms with Crippen LogP contribution >= 0.6 is 0 Å². The molecule has 0 saturated heterocycles. The van der Waals surface area contributed by atoms with Gasteiger partial charge in [-0.3, -0.25) is 0 Å². The van der Waals surface area contributed by atoms with E-state index >= 15 is 0 Å². The van der Waals surface area contributed by atoms with E-state index in [4.69, 9.17) is 4.99 Å². The molecule has 0 N–H and O–H groups in total. The van der Waals surface area contributed by atoms with E-state index in [1.54, 1.807) is 12.1 Å². The minimum Gasteiger partial charge on any atom is -0.249 e. The number of halogens is 1. The van der Waals surface area contributed by atoms with E-state index in [-0.39, 0.29) is 5.82 Å². The summed E-state index contributed by atoms with van der Waals surface area (Å²) in [5.74, 6) is -0.266. The summed E-state index contributed by atoms with van der Waals surface area (Å²) in [6.07, 6.45) is 21.5. The number of allylic oxidation sites excluding steroid dienone is 12. The molecule has 0 spiro atoms. The predicted molar refractivity (Wildman–Crippen MR) is 124 cm³/mol. The number of fused-ring (bicyclic) bond motifs is 4. The third-order valence-electron chi connectivity index (χ3n) is 5.19. The topological polar surface area (TPSA) is 49.4 Å². The highest BCUT2D eigenvalue weighted by Crippen LogP contribution is 2.31. The second-order valence-electron chi connectivity index (χ2n) is 7.45. The molecule has 1 aromatic rings. The van der Waals surface area contributed by atoms with Crippen LogP contribution in [-0.4, -0.2) is 22.8 Å². The molecule has 6 rings (SSSR count). The van der Waals surface area contributed by atoms with Crippen LogP contribution < -0.4 is 0 Å². The highest BCUT2D eigenvalue weighted by molar-refractivity contribution is 6.19. The average molecular weight is 402 g/mol. The largest absolute Gasteiger partial charge is 0.249 e. The molecule has 146 valence electrons. The van der Waals surface area contributed by atoms with Crippen molar-refractivity contribution < 1.29 is 4.39 Å². The van der Waals surface area contributed by atoms with Gasteiger partial charge in [-0.05, 0) is 84.5 Å². The summed E-state index contributed by atoms with van der Waals surface area (Å²) in [7, 11) is 0. The minimum atomic E-state index is -0.266. The predicted octanol–water partition coefficient (Wildman–Crippen LogP) is 5.25. The van der Waals surface area contributed by atoms with Gasteiger partial charge in [-0.25, -0.2) is 24.4 Å². The molecule has 0 aliphatic carbocycles. The lowest BCUT2D eigenvalue weighted by molar-refractivity contribution is 0.627. The van der Waals surface area contributed by atoms with Crippen molar-refractivity contribution in [3.63, 3.8) is 0 Å². The Labute approximate surface area is 178 Å². The zero-order valence-corrected chi connectivity index (χ0v) is 16.3. The summed E-state index contributed by atoms with van der Waals surface area (Å²) in [4.78, 5) is 18.8. The van der Waals surface area contributed by atoms with E-state index in [0.717, 1.165) is 56.8 Å². The molecule has 0 amide bonds. The van der Waals surface area contributed by atoms with Crippen LogP contribution in [0.2, 0.25) is 0 Å². The van der Waals surface area contributed by atoms with Crippen molar-refractivity contribution in [1.82, 2.24) is 0 Å². The van der Waals surface area contributed by atoms with E-state index in [9.17, 15) is 4.39 Å². The summed E-state index contributed by atoms with van der Waals surface area (Å²) in [6, 6.07) is 6.45. The number of nitrogens with zero attached hydrogens (tertiary/aromatic N) is 4. The van der Waals surface area contributed by atoms with Gasteiger partial charge in [0.2, 0.25) is 0 Å². The lowest BCUT2D eigenvalue weighted by Crippen LogP contribution is -1.91. The first-order valence-electron chi connectivity index (χ1n) is 9.92. The maximum Gasteiger partial charge on any atom is 0.123 e. The molecule has 0 aromatic heterocycles. The fraction of sp³-hybridized carbons (Fsp3) is 0. The molecule has 0 atom stereocenters. The van der Waals surface area contributed by atoms with Crippen molar-refractivity contribution in [2.24, 2.45) is 20.0 Å². The summed E-state index contributed by atoms with van der Waals surface area (Å²) in [6.45, 7) is 0. The van der Waals surface area contributed by atoms with Crippen LogP contribution in [0.1, 0.15) is 5.56 Å². The van der Waals surface area contributed by atoms with Gasteiger partial charge in [-0.1, -0.05) is 12.1 Å². The van der Waals surface area contributed by atoms with Gasteiger partial charge in [-0.15, -0.1) is 0 Å². The van der Waals surface area contributed by atoms with Crippen molar-refractivity contribution in [2.45, 2.75) is 0 Å². The molecule has 0 unspecified atom stereocenters. The molecule has 31 heavy (non-hydrogen) atoms. The maximum absolute atomic E-state index is 13.5. The summed E-state index contributed by atoms with van der Waals surface area (Å²) in [5.41, 5.74) is 8.38. The Kier molecular flexibility index (Phi) is 3.93. The fourth-order valence-corrected chi connectivity index (χ4v) is 3.76. The van der Waals surface area contributed by atoms with Gasteiger partial charge in [0.05, 0.1) is 45.6 Å². The number of hydrogen-bond donors (Lipinski definition) is 0. The van der Waals surface area contributed by atoms with Gasteiger partial charge in [-0.2, -0.15) is 0 Å². The normalized spacial score (nSPS) is 20.5. The van der Waals surface area contributed by atoms with Crippen molar-refractivity contribution in [1.29, 1.82) is 0 Å². The van der Waals surface area contributed by atoms with E-state index < -0.39 is 0 Å². The molecular weight excluding hydrogens is 387 g/mol. The minimum absolute atomic E-state index is 0.266. The molecule has 4 nitrogen and oxygen atoms in total. The Bertz CT molecular complexity index is 1400. The Balaban J connectivity index is 1.50. The zero-order valence-electron chi connectivity index (χ0n) is 16.3. The molecule has 5 aliphatic heterocycles. The van der Waals surface area contributed by atoms with E-state index in [1.165, 1.54) is 12.1 Å². The van der Waals surface area contributed by atoms with Crippen LogP contribution in [-0.2, 0) is 0 Å². The highest BCUT2D eigenvalue weighted by Gasteiger charge is 2.18. The standard InChI is InChI=1S/C26H15FN4/c27-17-3-1-16(2-4-17)25-14-24-13-22-8-7-20(29-22)11-18-5-6-19(28-18)12-21-9-10-23(30-21)15-26(25)31-24/h1-15H. The number of aliphatic imine (C=N–C) groups is 4. The Hall–Kier alpha value is -4.25. The van der Waals surface area contributed by atoms with Gasteiger partial charge in [0.1, 0.15) is 5.82 Å². The lowest BCUT2D eigenvalue weighted by atomic mass is 10.0. The van der Waals surface area contributed by atoms with Crippen LogP contribution in [0.15, 0.2) is 134 Å². The van der Waals surface area contributed by atoms with E-state index in [0.29, 0.717) is 0 Å². The SMILES string of the molecule is Fc1ccc(C2=CC3=NC2=CC2=NC(=CC4=NC(=CC5=NC(=C3)C=C5)C=C4)C=C2)cc1. The van der Waals surface area contributed by atoms with Crippen LogP contribution in [0.4, 0.5) is 4.39 Å². The monoisotopic (exact) mass is 402 g/mol. The quantitative estimate of drug-likeness (QED) is 0.617. The van der Waals surface area contributed by atoms with Crippen LogP contribution in [0.3, 0.4) is 0 Å². The molecule has 0 saturated carbocycles. The molecule has 5 heteroatoms. The maximum atomic E-state index is 13.5. The van der Waals surface area contributed by atoms with E-state index in [2.05, 4.69) is 15.0 Å². The average Bonchev–Trinajstić information content (AvgIpc) is 3.54. The molecule has 8 bridgehead atoms.